The number of rotatable bonds is 6. The lowest BCUT2D eigenvalue weighted by molar-refractivity contribution is 0.0396. The molecule has 36 heavy (non-hydrogen) atoms. The first-order valence-corrected chi connectivity index (χ1v) is 13.3. The monoisotopic (exact) mass is 495 g/mol. The predicted molar refractivity (Wildman–Crippen MR) is 142 cm³/mol. The van der Waals surface area contributed by atoms with Crippen molar-refractivity contribution in [3.05, 3.63) is 24.4 Å². The van der Waals surface area contributed by atoms with E-state index >= 15 is 0 Å². The van der Waals surface area contributed by atoms with E-state index in [2.05, 4.69) is 24.9 Å². The molecule has 0 bridgehead atoms. The summed E-state index contributed by atoms with van der Waals surface area (Å²) in [5.74, 6) is 9.59. The maximum Gasteiger partial charge on any atom is 0.320 e. The average Bonchev–Trinajstić information content (AvgIpc) is 3.13. The summed E-state index contributed by atoms with van der Waals surface area (Å²) in [6.45, 7) is 12.1. The Kier molecular flexibility index (Phi) is 7.14. The summed E-state index contributed by atoms with van der Waals surface area (Å²) >= 11 is 0. The third-order valence-corrected chi connectivity index (χ3v) is 7.67. The van der Waals surface area contributed by atoms with Crippen molar-refractivity contribution >= 4 is 34.1 Å². The van der Waals surface area contributed by atoms with Crippen molar-refractivity contribution in [2.45, 2.75) is 40.0 Å². The Balaban J connectivity index is 1.16. The Morgan fingerprint density at radius 2 is 1.92 bits per heavy atom. The molecule has 0 saturated carbocycles. The van der Waals surface area contributed by atoms with Crippen molar-refractivity contribution in [1.29, 1.82) is 0 Å². The lowest BCUT2D eigenvalue weighted by atomic mass is 9.94. The first kappa shape index (κ1) is 24.9. The molecule has 2 N–H and O–H groups in total. The number of pyridine rings is 1. The predicted octanol–water partition coefficient (Wildman–Crippen LogP) is 4.07. The molecule has 2 saturated heterocycles. The molecule has 2 amide bonds. The van der Waals surface area contributed by atoms with Gasteiger partial charge in [-0.3, -0.25) is 4.98 Å². The normalized spacial score (nSPS) is 22.8. The fourth-order valence-electron chi connectivity index (χ4n) is 5.67. The lowest BCUT2D eigenvalue weighted by Crippen LogP contribution is -2.59. The zero-order valence-electron chi connectivity index (χ0n) is 21.8. The minimum Gasteiger partial charge on any atom is -0.494 e. The number of nitrogens with two attached hydrogens (primary N) is 1. The van der Waals surface area contributed by atoms with E-state index in [1.54, 1.807) is 0 Å². The van der Waals surface area contributed by atoms with Gasteiger partial charge in [-0.05, 0) is 37.3 Å². The fourth-order valence-corrected chi connectivity index (χ4v) is 5.67. The summed E-state index contributed by atoms with van der Waals surface area (Å²) in [7, 11) is 0. The highest BCUT2D eigenvalue weighted by Gasteiger charge is 2.41. The molecule has 2 fully saturated rings. The number of morpholine rings is 1. The second kappa shape index (κ2) is 10.3. The van der Waals surface area contributed by atoms with Crippen LogP contribution < -0.4 is 15.2 Å². The Bertz CT molecular complexity index is 1140. The van der Waals surface area contributed by atoms with Crippen LogP contribution >= 0.6 is 0 Å². The largest absolute Gasteiger partial charge is 0.494 e. The molecule has 1 unspecified atom stereocenters. The maximum atomic E-state index is 12.7. The fraction of sp³-hybridized carbons (Fsp3) is 0.593. The maximum absolute atomic E-state index is 12.7. The summed E-state index contributed by atoms with van der Waals surface area (Å²) < 4.78 is 11.7. The number of aromatic nitrogens is 1. The van der Waals surface area contributed by atoms with Gasteiger partial charge in [0.05, 0.1) is 36.9 Å². The van der Waals surface area contributed by atoms with Gasteiger partial charge in [0.25, 0.3) is 0 Å². The second-order valence-electron chi connectivity index (χ2n) is 10.7. The van der Waals surface area contributed by atoms with E-state index in [9.17, 15) is 4.79 Å². The van der Waals surface area contributed by atoms with Crippen LogP contribution in [-0.2, 0) is 4.74 Å². The van der Waals surface area contributed by atoms with Crippen molar-refractivity contribution < 1.29 is 14.3 Å². The molecular weight excluding hydrogens is 456 g/mol. The first-order chi connectivity index (χ1) is 17.3. The number of likely N-dealkylation sites (tertiary alicyclic amines) is 1. The van der Waals surface area contributed by atoms with Crippen LogP contribution in [0.5, 0.6) is 5.75 Å². The van der Waals surface area contributed by atoms with Crippen LogP contribution in [0.25, 0.3) is 10.9 Å². The van der Waals surface area contributed by atoms with Gasteiger partial charge in [-0.2, -0.15) is 15.4 Å². The summed E-state index contributed by atoms with van der Waals surface area (Å²) in [6.07, 6.45) is 4.86. The van der Waals surface area contributed by atoms with Gasteiger partial charge < -0.3 is 19.3 Å². The van der Waals surface area contributed by atoms with E-state index in [0.717, 1.165) is 72.8 Å². The zero-order chi connectivity index (χ0) is 25.3. The van der Waals surface area contributed by atoms with Crippen LogP contribution in [-0.4, -0.2) is 79.2 Å². The van der Waals surface area contributed by atoms with Gasteiger partial charge in [-0.1, -0.05) is 13.8 Å². The highest BCUT2D eigenvalue weighted by Crippen LogP contribution is 2.43. The van der Waals surface area contributed by atoms with Crippen LogP contribution in [0, 0.1) is 11.8 Å². The van der Waals surface area contributed by atoms with Gasteiger partial charge in [0.1, 0.15) is 12.3 Å². The molecule has 1 atom stereocenters. The number of quaternary nitrogens is 1. The molecule has 5 rings (SSSR count). The molecule has 2 aromatic rings. The second-order valence-corrected chi connectivity index (χ2v) is 10.7. The smallest absolute Gasteiger partial charge is 0.320 e. The van der Waals surface area contributed by atoms with E-state index in [1.165, 1.54) is 0 Å². The Morgan fingerprint density at radius 3 is 2.64 bits per heavy atom. The molecule has 9 nitrogen and oxygen atoms in total. The Morgan fingerprint density at radius 1 is 1.19 bits per heavy atom. The van der Waals surface area contributed by atoms with Crippen molar-refractivity contribution in [3.8, 4) is 5.75 Å². The quantitative estimate of drug-likeness (QED) is 0.482. The standard InChI is InChI=1S/C27H39N6O3/c1-19(2)18-33(28)20(3)30-25-17-29-24-16-22(4-5-23(24)26(25)33)36-13-8-21-6-9-31(10-7-21)27(34)32-11-14-35-15-12-32/h4-5,16-17,19,21H,6-15,18,28H2,1-3H3/q+1. The number of hydrogen-bond donors (Lipinski definition) is 1. The number of amidine groups is 1. The first-order valence-electron chi connectivity index (χ1n) is 13.3. The molecule has 1 aromatic carbocycles. The number of urea groups is 1. The third kappa shape index (κ3) is 4.92. The molecule has 3 aliphatic rings. The number of amides is 2. The van der Waals surface area contributed by atoms with Crippen LogP contribution in [0.4, 0.5) is 16.2 Å². The van der Waals surface area contributed by atoms with Crippen molar-refractivity contribution in [3.63, 3.8) is 0 Å². The van der Waals surface area contributed by atoms with Crippen molar-refractivity contribution in [2.24, 2.45) is 22.7 Å². The molecule has 1 aromatic heterocycles. The molecule has 9 heteroatoms. The van der Waals surface area contributed by atoms with Crippen LogP contribution in [0.2, 0.25) is 0 Å². The number of fused-ring (bicyclic) bond motifs is 3. The number of carbonyl (C=O) groups is 1. The zero-order valence-corrected chi connectivity index (χ0v) is 21.8. The van der Waals surface area contributed by atoms with Crippen molar-refractivity contribution in [1.82, 2.24) is 19.4 Å². The van der Waals surface area contributed by atoms with Gasteiger partial charge in [0.15, 0.2) is 11.4 Å². The van der Waals surface area contributed by atoms with E-state index in [0.29, 0.717) is 44.7 Å². The molecule has 0 aliphatic carbocycles. The number of hydrogen-bond acceptors (Lipinski definition) is 6. The Labute approximate surface area is 213 Å². The summed E-state index contributed by atoms with van der Waals surface area (Å²) in [5, 5.41) is 1.03. The van der Waals surface area contributed by atoms with Gasteiger partial charge in [-0.25, -0.2) is 4.79 Å². The van der Waals surface area contributed by atoms with Gasteiger partial charge in [-0.15, -0.1) is 0 Å². The van der Waals surface area contributed by atoms with E-state index < -0.39 is 0 Å². The van der Waals surface area contributed by atoms with E-state index in [-0.39, 0.29) is 10.6 Å². The minimum atomic E-state index is 0.164. The van der Waals surface area contributed by atoms with Crippen LogP contribution in [0.3, 0.4) is 0 Å². The molecule has 0 radical (unpaired) electrons. The van der Waals surface area contributed by atoms with Crippen LogP contribution in [0.1, 0.15) is 40.0 Å². The third-order valence-electron chi connectivity index (χ3n) is 7.67. The SMILES string of the molecule is CC1=Nc2cnc3cc(OCCC4CCN(C(=O)N5CCOCC5)CC4)ccc3c2[N+]1(N)CC(C)C. The highest BCUT2D eigenvalue weighted by molar-refractivity contribution is 6.09. The minimum absolute atomic E-state index is 0.164. The molecule has 194 valence electrons. The molecule has 4 heterocycles. The average molecular weight is 496 g/mol. The van der Waals surface area contributed by atoms with Gasteiger partial charge in [0.2, 0.25) is 5.84 Å². The van der Waals surface area contributed by atoms with Gasteiger partial charge in [0, 0.05) is 45.1 Å². The summed E-state index contributed by atoms with van der Waals surface area (Å²) in [4.78, 5) is 26.0. The number of benzene rings is 1. The van der Waals surface area contributed by atoms with Crippen LogP contribution in [0.15, 0.2) is 29.4 Å². The molecule has 0 spiro atoms. The number of carbonyl (C=O) groups excluding carboxylic acids is 1. The molecule has 3 aliphatic heterocycles. The van der Waals surface area contributed by atoms with E-state index in [1.807, 2.05) is 35.1 Å². The Hall–Kier alpha value is -2.75. The van der Waals surface area contributed by atoms with Gasteiger partial charge >= 0.3 is 6.03 Å². The highest BCUT2D eigenvalue weighted by atomic mass is 16.5. The topological polar surface area (TPSA) is 93.3 Å². The summed E-state index contributed by atoms with van der Waals surface area (Å²) in [5.41, 5.74) is 2.76. The molecular formula is C27H39N6O3+. The van der Waals surface area contributed by atoms with Crippen molar-refractivity contribution in [2.75, 3.05) is 52.5 Å². The number of ether oxygens (including phenoxy) is 2. The van der Waals surface area contributed by atoms with E-state index in [4.69, 9.17) is 20.3 Å². The number of nitrogens with zero attached hydrogens (tertiary/aromatic N) is 5. The lowest BCUT2D eigenvalue weighted by Gasteiger charge is -2.37. The number of aliphatic imine (C=N–C) groups is 1. The number of piperidine rings is 1. The summed E-state index contributed by atoms with van der Waals surface area (Å²) in [6, 6.07) is 6.26.